The minimum Gasteiger partial charge on any atom is -0.756 e. The Bertz CT molecular complexity index is 837. The Morgan fingerprint density at radius 1 is 1.37 bits per heavy atom. The SMILES string of the molecule is COC(=O)N[C@@H]1CN(c2ccc(N3C[C@@H](CN([O-])C(C)=O)OC3=O)cc2F)C[C@H]1C. The highest BCUT2D eigenvalue weighted by atomic mass is 19.1. The van der Waals surface area contributed by atoms with Crippen LogP contribution in [0.1, 0.15) is 13.8 Å². The monoisotopic (exact) mass is 423 g/mol. The number of nitrogens with zero attached hydrogens (tertiary/aromatic N) is 3. The van der Waals surface area contributed by atoms with Crippen molar-refractivity contribution in [3.05, 3.63) is 29.2 Å². The van der Waals surface area contributed by atoms with E-state index in [4.69, 9.17) is 4.74 Å². The second-order valence-corrected chi connectivity index (χ2v) is 7.46. The molecule has 1 N–H and O–H groups in total. The van der Waals surface area contributed by atoms with E-state index < -0.39 is 30.0 Å². The van der Waals surface area contributed by atoms with Crippen molar-refractivity contribution in [2.75, 3.05) is 43.1 Å². The summed E-state index contributed by atoms with van der Waals surface area (Å²) in [5.41, 5.74) is 0.645. The summed E-state index contributed by atoms with van der Waals surface area (Å²) < 4.78 is 24.6. The molecular formula is C19H24FN4O6-. The normalized spacial score (nSPS) is 23.4. The van der Waals surface area contributed by atoms with Crippen LogP contribution in [0.25, 0.3) is 0 Å². The van der Waals surface area contributed by atoms with E-state index in [0.29, 0.717) is 24.5 Å². The van der Waals surface area contributed by atoms with Gasteiger partial charge in [-0.15, -0.1) is 0 Å². The van der Waals surface area contributed by atoms with E-state index in [0.717, 1.165) is 6.92 Å². The number of hydrogen-bond acceptors (Lipinski definition) is 7. The van der Waals surface area contributed by atoms with Crippen molar-refractivity contribution in [1.29, 1.82) is 0 Å². The molecule has 30 heavy (non-hydrogen) atoms. The van der Waals surface area contributed by atoms with E-state index >= 15 is 0 Å². The van der Waals surface area contributed by atoms with Crippen LogP contribution in [0.2, 0.25) is 0 Å². The third kappa shape index (κ3) is 4.56. The van der Waals surface area contributed by atoms with E-state index in [9.17, 15) is 24.0 Å². The number of hydrogen-bond donors (Lipinski definition) is 1. The number of alkyl carbamates (subject to hydrolysis) is 1. The van der Waals surface area contributed by atoms with Crippen LogP contribution < -0.4 is 15.1 Å². The highest BCUT2D eigenvalue weighted by Gasteiger charge is 2.35. The Balaban J connectivity index is 1.68. The van der Waals surface area contributed by atoms with Crippen molar-refractivity contribution < 1.29 is 28.2 Å². The lowest BCUT2D eigenvalue weighted by atomic mass is 10.1. The first kappa shape index (κ1) is 21.6. The highest BCUT2D eigenvalue weighted by molar-refractivity contribution is 5.90. The number of methoxy groups -OCH3 is 1. The molecule has 3 amide bonds. The average molecular weight is 423 g/mol. The van der Waals surface area contributed by atoms with Gasteiger partial charge in [0.2, 0.25) is 5.91 Å². The van der Waals surface area contributed by atoms with Gasteiger partial charge in [0.1, 0.15) is 11.9 Å². The summed E-state index contributed by atoms with van der Waals surface area (Å²) in [5.74, 6) is -1.11. The third-order valence-corrected chi connectivity index (χ3v) is 5.28. The number of hydroxylamine groups is 2. The number of carbonyl (C=O) groups excluding carboxylic acids is 3. The zero-order chi connectivity index (χ0) is 22.0. The summed E-state index contributed by atoms with van der Waals surface area (Å²) in [6.45, 7) is 3.80. The van der Waals surface area contributed by atoms with Gasteiger partial charge in [-0.25, -0.2) is 14.0 Å². The molecule has 3 rings (SSSR count). The van der Waals surface area contributed by atoms with Crippen LogP contribution in [-0.4, -0.2) is 68.6 Å². The quantitative estimate of drug-likeness (QED) is 0.717. The van der Waals surface area contributed by atoms with Gasteiger partial charge in [0, 0.05) is 26.6 Å². The Kier molecular flexibility index (Phi) is 6.30. The lowest BCUT2D eigenvalue weighted by Crippen LogP contribution is -2.39. The fourth-order valence-corrected chi connectivity index (χ4v) is 3.62. The molecule has 1 aromatic carbocycles. The van der Waals surface area contributed by atoms with E-state index in [1.807, 2.05) is 11.8 Å². The lowest BCUT2D eigenvalue weighted by Gasteiger charge is -2.28. The Morgan fingerprint density at radius 2 is 2.10 bits per heavy atom. The van der Waals surface area contributed by atoms with Crippen molar-refractivity contribution in [2.45, 2.75) is 26.0 Å². The lowest BCUT2D eigenvalue weighted by molar-refractivity contribution is -0.127. The van der Waals surface area contributed by atoms with Crippen LogP contribution in [0.3, 0.4) is 0 Å². The van der Waals surface area contributed by atoms with Gasteiger partial charge < -0.3 is 30.0 Å². The molecular weight excluding hydrogens is 399 g/mol. The van der Waals surface area contributed by atoms with Crippen LogP contribution in [0.5, 0.6) is 0 Å². The van der Waals surface area contributed by atoms with Crippen molar-refractivity contribution in [3.63, 3.8) is 0 Å². The molecule has 0 unspecified atom stereocenters. The number of nitrogens with one attached hydrogen (secondary N) is 1. The van der Waals surface area contributed by atoms with Crippen molar-refractivity contribution in [1.82, 2.24) is 10.4 Å². The second-order valence-electron chi connectivity index (χ2n) is 7.46. The van der Waals surface area contributed by atoms with E-state index in [1.54, 1.807) is 12.1 Å². The molecule has 0 aliphatic carbocycles. The summed E-state index contributed by atoms with van der Waals surface area (Å²) >= 11 is 0. The number of amides is 3. The van der Waals surface area contributed by atoms with Gasteiger partial charge >= 0.3 is 12.2 Å². The third-order valence-electron chi connectivity index (χ3n) is 5.28. The smallest absolute Gasteiger partial charge is 0.414 e. The number of cyclic esters (lactones) is 1. The van der Waals surface area contributed by atoms with Gasteiger partial charge in [-0.3, -0.25) is 9.69 Å². The molecule has 2 heterocycles. The number of rotatable bonds is 5. The van der Waals surface area contributed by atoms with Gasteiger partial charge in [0.25, 0.3) is 0 Å². The van der Waals surface area contributed by atoms with Gasteiger partial charge in [-0.1, -0.05) is 6.92 Å². The summed E-state index contributed by atoms with van der Waals surface area (Å²) in [6.07, 6.45) is -2.03. The van der Waals surface area contributed by atoms with E-state index in [1.165, 1.54) is 18.1 Å². The van der Waals surface area contributed by atoms with Gasteiger partial charge in [-0.05, 0) is 24.1 Å². The average Bonchev–Trinajstić information content (AvgIpc) is 3.23. The van der Waals surface area contributed by atoms with Crippen molar-refractivity contribution in [3.8, 4) is 0 Å². The standard InChI is InChI=1S/C19H24FN4O6/c1-11-7-22(10-16(11)21-18(26)29-3)17-5-4-13(6-15(17)20)23-8-14(30-19(23)27)9-24(28)12(2)25/h4-6,11,14,16H,7-10H2,1-3H3,(H,21,26)/q-1/t11-,14+,16-/m1/s1. The predicted molar refractivity (Wildman–Crippen MR) is 105 cm³/mol. The summed E-state index contributed by atoms with van der Waals surface area (Å²) in [6, 6.07) is 4.20. The maximum Gasteiger partial charge on any atom is 0.414 e. The molecule has 10 nitrogen and oxygen atoms in total. The van der Waals surface area contributed by atoms with Crippen LogP contribution in [-0.2, 0) is 14.3 Å². The maximum atomic E-state index is 14.8. The highest BCUT2D eigenvalue weighted by Crippen LogP contribution is 2.31. The molecule has 0 bridgehead atoms. The summed E-state index contributed by atoms with van der Waals surface area (Å²) in [7, 11) is 1.29. The first-order valence-electron chi connectivity index (χ1n) is 9.52. The molecule has 2 saturated heterocycles. The molecule has 0 saturated carbocycles. The molecule has 11 heteroatoms. The fourth-order valence-electron chi connectivity index (χ4n) is 3.62. The molecule has 3 atom stereocenters. The molecule has 0 radical (unpaired) electrons. The zero-order valence-corrected chi connectivity index (χ0v) is 17.0. The van der Waals surface area contributed by atoms with Crippen LogP contribution in [0.15, 0.2) is 18.2 Å². The molecule has 0 aromatic heterocycles. The number of carbonyl (C=O) groups is 3. The molecule has 1 aromatic rings. The van der Waals surface area contributed by atoms with E-state index in [2.05, 4.69) is 10.1 Å². The Labute approximate surface area is 173 Å². The number of ether oxygens (including phenoxy) is 2. The first-order chi connectivity index (χ1) is 14.2. The topological polar surface area (TPSA) is 114 Å². The fraction of sp³-hybridized carbons (Fsp3) is 0.526. The minimum absolute atomic E-state index is 0.0372. The van der Waals surface area contributed by atoms with E-state index in [-0.39, 0.29) is 30.1 Å². The van der Waals surface area contributed by atoms with Crippen molar-refractivity contribution in [2.24, 2.45) is 5.92 Å². The molecule has 164 valence electrons. The second kappa shape index (κ2) is 8.74. The molecule has 2 aliphatic heterocycles. The first-order valence-corrected chi connectivity index (χ1v) is 9.52. The summed E-state index contributed by atoms with van der Waals surface area (Å²) in [5, 5.41) is 14.5. The molecule has 0 spiro atoms. The van der Waals surface area contributed by atoms with Gasteiger partial charge in [0.05, 0.1) is 31.1 Å². The van der Waals surface area contributed by atoms with Gasteiger partial charge in [0.15, 0.2) is 0 Å². The summed E-state index contributed by atoms with van der Waals surface area (Å²) in [4.78, 5) is 37.7. The maximum absolute atomic E-state index is 14.8. The Morgan fingerprint density at radius 3 is 2.73 bits per heavy atom. The Hall–Kier alpha value is -3.08. The van der Waals surface area contributed by atoms with Crippen LogP contribution in [0.4, 0.5) is 25.4 Å². The predicted octanol–water partition coefficient (Wildman–Crippen LogP) is 1.68. The number of benzene rings is 1. The number of anilines is 2. The van der Waals surface area contributed by atoms with Crippen molar-refractivity contribution >= 4 is 29.5 Å². The zero-order valence-electron chi connectivity index (χ0n) is 17.0. The molecule has 2 fully saturated rings. The van der Waals surface area contributed by atoms with Crippen LogP contribution in [0, 0.1) is 16.9 Å². The molecule has 2 aliphatic rings. The van der Waals surface area contributed by atoms with Crippen LogP contribution >= 0.6 is 0 Å². The largest absolute Gasteiger partial charge is 0.756 e. The minimum atomic E-state index is -0.786. The van der Waals surface area contributed by atoms with Gasteiger partial charge in [-0.2, -0.15) is 0 Å². The number of halogens is 1.